The van der Waals surface area contributed by atoms with Crippen LogP contribution in [0.5, 0.6) is 0 Å². The zero-order chi connectivity index (χ0) is 16.2. The maximum absolute atomic E-state index is 11.9. The molecule has 0 atom stereocenters. The summed E-state index contributed by atoms with van der Waals surface area (Å²) >= 11 is 0. The van der Waals surface area contributed by atoms with Gasteiger partial charge in [0.25, 0.3) is 0 Å². The number of carbonyl (C=O) groups is 2. The molecule has 0 aliphatic heterocycles. The van der Waals surface area contributed by atoms with E-state index in [4.69, 9.17) is 4.52 Å². The number of carbonyl (C=O) groups excluding carboxylic acids is 2. The molecular weight excluding hydrogens is 294 g/mol. The monoisotopic (exact) mass is 309 g/mol. The van der Waals surface area contributed by atoms with Crippen LogP contribution in [0.1, 0.15) is 23.0 Å². The van der Waals surface area contributed by atoms with E-state index in [1.807, 2.05) is 24.3 Å². The summed E-state index contributed by atoms with van der Waals surface area (Å²) in [4.78, 5) is 23.1. The fourth-order valence-corrected chi connectivity index (χ4v) is 2.19. The van der Waals surface area contributed by atoms with E-state index in [2.05, 4.69) is 15.8 Å². The lowest BCUT2D eigenvalue weighted by molar-refractivity contribution is 0.101. The highest BCUT2D eigenvalue weighted by Crippen LogP contribution is 2.17. The van der Waals surface area contributed by atoms with Crippen molar-refractivity contribution in [2.45, 2.75) is 13.5 Å². The van der Waals surface area contributed by atoms with Crippen LogP contribution in [0.15, 0.2) is 53.1 Å². The van der Waals surface area contributed by atoms with Gasteiger partial charge in [0.2, 0.25) is 0 Å². The van der Waals surface area contributed by atoms with E-state index in [-0.39, 0.29) is 18.4 Å². The fourth-order valence-electron chi connectivity index (χ4n) is 2.19. The van der Waals surface area contributed by atoms with Crippen molar-refractivity contribution in [3.63, 3.8) is 0 Å². The van der Waals surface area contributed by atoms with Gasteiger partial charge in [0.1, 0.15) is 5.69 Å². The van der Waals surface area contributed by atoms with E-state index >= 15 is 0 Å². The van der Waals surface area contributed by atoms with Crippen molar-refractivity contribution >= 4 is 28.5 Å². The predicted molar refractivity (Wildman–Crippen MR) is 86.3 cm³/mol. The lowest BCUT2D eigenvalue weighted by atomic mass is 10.1. The number of nitrogens with one attached hydrogen (secondary N) is 2. The molecule has 116 valence electrons. The van der Waals surface area contributed by atoms with Crippen molar-refractivity contribution in [2.75, 3.05) is 5.32 Å². The highest BCUT2D eigenvalue weighted by Gasteiger charge is 2.09. The molecule has 0 spiro atoms. The van der Waals surface area contributed by atoms with Gasteiger partial charge in [0.15, 0.2) is 11.4 Å². The Hall–Kier alpha value is -3.15. The molecule has 0 saturated heterocycles. The number of para-hydroxylation sites is 1. The topological polar surface area (TPSA) is 84.2 Å². The second-order valence-electron chi connectivity index (χ2n) is 5.07. The summed E-state index contributed by atoms with van der Waals surface area (Å²) in [7, 11) is 0. The number of anilines is 1. The van der Waals surface area contributed by atoms with Crippen LogP contribution in [-0.4, -0.2) is 17.0 Å². The zero-order valence-electron chi connectivity index (χ0n) is 12.5. The first kappa shape index (κ1) is 14.8. The molecule has 3 rings (SSSR count). The molecular formula is C17H15N3O3. The van der Waals surface area contributed by atoms with Crippen LogP contribution in [0.3, 0.4) is 0 Å². The van der Waals surface area contributed by atoms with E-state index in [1.165, 1.54) is 6.92 Å². The summed E-state index contributed by atoms with van der Waals surface area (Å²) in [6, 6.07) is 13.8. The van der Waals surface area contributed by atoms with Crippen molar-refractivity contribution in [2.24, 2.45) is 0 Å². The van der Waals surface area contributed by atoms with Gasteiger partial charge in [0, 0.05) is 16.6 Å². The molecule has 0 radical (unpaired) electrons. The number of benzene rings is 2. The Morgan fingerprint density at radius 3 is 2.57 bits per heavy atom. The lowest BCUT2D eigenvalue weighted by Gasteiger charge is -2.07. The first-order valence-corrected chi connectivity index (χ1v) is 7.12. The molecule has 0 unspecified atom stereocenters. The second-order valence-corrected chi connectivity index (χ2v) is 5.07. The number of Topliss-reactive ketones (excluding diaryl/α,β-unsaturated/α-hetero) is 1. The first-order valence-electron chi connectivity index (χ1n) is 7.12. The molecule has 6 nitrogen and oxygen atoms in total. The normalized spacial score (nSPS) is 10.5. The van der Waals surface area contributed by atoms with E-state index < -0.39 is 0 Å². The molecule has 0 saturated carbocycles. The Kier molecular flexibility index (Phi) is 4.05. The molecule has 1 aromatic heterocycles. The number of fused-ring (bicyclic) bond motifs is 1. The van der Waals surface area contributed by atoms with Crippen molar-refractivity contribution in [3.8, 4) is 0 Å². The van der Waals surface area contributed by atoms with Crippen molar-refractivity contribution < 1.29 is 14.1 Å². The van der Waals surface area contributed by atoms with Gasteiger partial charge in [-0.3, -0.25) is 4.79 Å². The number of rotatable bonds is 4. The van der Waals surface area contributed by atoms with Gasteiger partial charge in [-0.15, -0.1) is 0 Å². The van der Waals surface area contributed by atoms with Gasteiger partial charge in [-0.25, -0.2) is 4.79 Å². The second kappa shape index (κ2) is 6.31. The SMILES string of the molecule is CC(=O)c1ccc(NC(=O)NCc2noc3ccccc23)cc1. The molecule has 2 N–H and O–H groups in total. The van der Waals surface area contributed by atoms with Crippen LogP contribution in [0, 0.1) is 0 Å². The third kappa shape index (κ3) is 3.37. The average molecular weight is 309 g/mol. The van der Waals surface area contributed by atoms with Gasteiger partial charge < -0.3 is 15.2 Å². The first-order chi connectivity index (χ1) is 11.1. The summed E-state index contributed by atoms with van der Waals surface area (Å²) in [6.45, 7) is 1.76. The number of amides is 2. The maximum atomic E-state index is 11.9. The summed E-state index contributed by atoms with van der Waals surface area (Å²) < 4.78 is 5.18. The summed E-state index contributed by atoms with van der Waals surface area (Å²) in [5.41, 5.74) is 2.56. The summed E-state index contributed by atoms with van der Waals surface area (Å²) in [5.74, 6) is -0.0149. The Bertz CT molecular complexity index is 853. The molecule has 6 heteroatoms. The lowest BCUT2D eigenvalue weighted by Crippen LogP contribution is -2.28. The molecule has 0 fully saturated rings. The van der Waals surface area contributed by atoms with E-state index in [0.717, 1.165) is 5.39 Å². The van der Waals surface area contributed by atoms with Gasteiger partial charge in [0.05, 0.1) is 6.54 Å². The van der Waals surface area contributed by atoms with E-state index in [1.54, 1.807) is 24.3 Å². The minimum atomic E-state index is -0.354. The number of ketones is 1. The molecule has 0 aliphatic rings. The standard InChI is InChI=1S/C17H15N3O3/c1-11(21)12-6-8-13(9-7-12)19-17(22)18-10-15-14-4-2-3-5-16(14)23-20-15/h2-9H,10H2,1H3,(H2,18,19,22). The number of hydrogen-bond donors (Lipinski definition) is 2. The summed E-state index contributed by atoms with van der Waals surface area (Å²) in [6.07, 6.45) is 0. The molecule has 1 heterocycles. The number of hydrogen-bond acceptors (Lipinski definition) is 4. The number of aromatic nitrogens is 1. The minimum absolute atomic E-state index is 0.0149. The van der Waals surface area contributed by atoms with Crippen LogP contribution in [-0.2, 0) is 6.54 Å². The van der Waals surface area contributed by atoms with Crippen LogP contribution in [0.4, 0.5) is 10.5 Å². The maximum Gasteiger partial charge on any atom is 0.319 e. The van der Waals surface area contributed by atoms with Crippen molar-refractivity contribution in [3.05, 3.63) is 59.8 Å². The van der Waals surface area contributed by atoms with Crippen LogP contribution < -0.4 is 10.6 Å². The Labute approximate surface area is 132 Å². The molecule has 2 amide bonds. The molecule has 0 bridgehead atoms. The quantitative estimate of drug-likeness (QED) is 0.724. The van der Waals surface area contributed by atoms with Gasteiger partial charge in [-0.05, 0) is 43.3 Å². The third-order valence-electron chi connectivity index (χ3n) is 3.42. The highest BCUT2D eigenvalue weighted by molar-refractivity contribution is 5.95. The van der Waals surface area contributed by atoms with E-state index in [0.29, 0.717) is 22.5 Å². The Morgan fingerprint density at radius 2 is 1.83 bits per heavy atom. The minimum Gasteiger partial charge on any atom is -0.356 e. The zero-order valence-corrected chi connectivity index (χ0v) is 12.5. The Morgan fingerprint density at radius 1 is 1.09 bits per heavy atom. The number of urea groups is 1. The van der Waals surface area contributed by atoms with Crippen LogP contribution in [0.25, 0.3) is 11.0 Å². The van der Waals surface area contributed by atoms with Crippen LogP contribution >= 0.6 is 0 Å². The molecule has 0 aliphatic carbocycles. The third-order valence-corrected chi connectivity index (χ3v) is 3.42. The summed E-state index contributed by atoms with van der Waals surface area (Å²) in [5, 5.41) is 10.2. The van der Waals surface area contributed by atoms with Gasteiger partial charge in [-0.2, -0.15) is 0 Å². The largest absolute Gasteiger partial charge is 0.356 e. The highest BCUT2D eigenvalue weighted by atomic mass is 16.5. The molecule has 23 heavy (non-hydrogen) atoms. The molecule has 2 aromatic carbocycles. The fraction of sp³-hybridized carbons (Fsp3) is 0.118. The van der Waals surface area contributed by atoms with Crippen molar-refractivity contribution in [1.82, 2.24) is 10.5 Å². The van der Waals surface area contributed by atoms with Gasteiger partial charge >= 0.3 is 6.03 Å². The van der Waals surface area contributed by atoms with Gasteiger partial charge in [-0.1, -0.05) is 17.3 Å². The molecule has 3 aromatic rings. The van der Waals surface area contributed by atoms with Crippen LogP contribution in [0.2, 0.25) is 0 Å². The predicted octanol–water partition coefficient (Wildman–Crippen LogP) is 3.35. The van der Waals surface area contributed by atoms with Crippen molar-refractivity contribution in [1.29, 1.82) is 0 Å². The average Bonchev–Trinajstić information content (AvgIpc) is 2.97. The Balaban J connectivity index is 1.60. The smallest absolute Gasteiger partial charge is 0.319 e. The van der Waals surface area contributed by atoms with E-state index in [9.17, 15) is 9.59 Å². The number of nitrogens with zero attached hydrogens (tertiary/aromatic N) is 1.